The van der Waals surface area contributed by atoms with Gasteiger partial charge in [-0.3, -0.25) is 9.59 Å². The first kappa shape index (κ1) is 17.5. The van der Waals surface area contributed by atoms with E-state index in [0.717, 1.165) is 10.2 Å². The number of amides is 1. The van der Waals surface area contributed by atoms with Crippen LogP contribution in [0, 0.1) is 0 Å². The van der Waals surface area contributed by atoms with Crippen molar-refractivity contribution in [2.24, 2.45) is 0 Å². The van der Waals surface area contributed by atoms with Crippen molar-refractivity contribution in [3.05, 3.63) is 28.7 Å². The Kier molecular flexibility index (Phi) is 7.82. The molecule has 1 aromatic carbocycles. The number of aliphatic carboxylic acids is 1. The third-order valence-corrected chi connectivity index (χ3v) is 3.30. The molecule has 0 fully saturated rings. The van der Waals surface area contributed by atoms with Gasteiger partial charge in [-0.15, -0.1) is 0 Å². The average molecular weight is 358 g/mol. The van der Waals surface area contributed by atoms with E-state index in [-0.39, 0.29) is 18.4 Å². The standard InChI is InChI=1S/C15H20BrNO4/c1-11(7-8-15(19)20)17-14(18)6-3-9-21-13-5-2-4-12(16)10-13/h2,4-5,10-11H,3,6-9H2,1H3,(H,17,18)(H,19,20). The van der Waals surface area contributed by atoms with Gasteiger partial charge in [-0.05, 0) is 38.0 Å². The van der Waals surface area contributed by atoms with Gasteiger partial charge < -0.3 is 15.2 Å². The van der Waals surface area contributed by atoms with Gasteiger partial charge in [0.05, 0.1) is 6.61 Å². The maximum atomic E-state index is 11.6. The molecule has 116 valence electrons. The summed E-state index contributed by atoms with van der Waals surface area (Å²) in [6.07, 6.45) is 1.48. The lowest BCUT2D eigenvalue weighted by molar-refractivity contribution is -0.137. The molecular weight excluding hydrogens is 338 g/mol. The van der Waals surface area contributed by atoms with E-state index < -0.39 is 5.97 Å². The molecule has 1 atom stereocenters. The molecule has 0 spiro atoms. The molecular formula is C15H20BrNO4. The molecule has 5 nitrogen and oxygen atoms in total. The maximum absolute atomic E-state index is 11.6. The summed E-state index contributed by atoms with van der Waals surface area (Å²) in [6.45, 7) is 2.27. The zero-order valence-corrected chi connectivity index (χ0v) is 13.6. The van der Waals surface area contributed by atoms with Crippen LogP contribution in [-0.2, 0) is 9.59 Å². The molecule has 0 heterocycles. The lowest BCUT2D eigenvalue weighted by atomic mass is 10.2. The molecule has 0 aliphatic rings. The van der Waals surface area contributed by atoms with Gasteiger partial charge >= 0.3 is 5.97 Å². The number of hydrogen-bond donors (Lipinski definition) is 2. The fraction of sp³-hybridized carbons (Fsp3) is 0.467. The predicted molar refractivity (Wildman–Crippen MR) is 83.3 cm³/mol. The van der Waals surface area contributed by atoms with Crippen LogP contribution >= 0.6 is 15.9 Å². The van der Waals surface area contributed by atoms with E-state index in [9.17, 15) is 9.59 Å². The van der Waals surface area contributed by atoms with Gasteiger partial charge in [0.15, 0.2) is 0 Å². The Morgan fingerprint density at radius 1 is 1.38 bits per heavy atom. The number of carbonyl (C=O) groups excluding carboxylic acids is 1. The first-order valence-electron chi connectivity index (χ1n) is 6.87. The van der Waals surface area contributed by atoms with Crippen LogP contribution in [0.25, 0.3) is 0 Å². The molecule has 6 heteroatoms. The van der Waals surface area contributed by atoms with Gasteiger partial charge in [-0.2, -0.15) is 0 Å². The second-order valence-electron chi connectivity index (χ2n) is 4.81. The van der Waals surface area contributed by atoms with Gasteiger partial charge in [0.2, 0.25) is 5.91 Å². The van der Waals surface area contributed by atoms with Gasteiger partial charge in [-0.1, -0.05) is 22.0 Å². The minimum atomic E-state index is -0.849. The first-order valence-corrected chi connectivity index (χ1v) is 7.66. The van der Waals surface area contributed by atoms with Crippen LogP contribution in [0.2, 0.25) is 0 Å². The quantitative estimate of drug-likeness (QED) is 0.666. The van der Waals surface area contributed by atoms with Crippen molar-refractivity contribution >= 4 is 27.8 Å². The Labute approximate surface area is 132 Å². The molecule has 0 aliphatic heterocycles. The summed E-state index contributed by atoms with van der Waals surface area (Å²) < 4.78 is 6.48. The van der Waals surface area contributed by atoms with E-state index in [1.165, 1.54) is 0 Å². The Morgan fingerprint density at radius 2 is 2.14 bits per heavy atom. The zero-order valence-electron chi connectivity index (χ0n) is 12.0. The third kappa shape index (κ3) is 8.34. The Balaban J connectivity index is 2.14. The molecule has 1 rings (SSSR count). The molecule has 0 aromatic heterocycles. The monoisotopic (exact) mass is 357 g/mol. The lowest BCUT2D eigenvalue weighted by Crippen LogP contribution is -2.32. The second-order valence-corrected chi connectivity index (χ2v) is 5.73. The number of carboxylic acid groups (broad SMARTS) is 1. The summed E-state index contributed by atoms with van der Waals surface area (Å²) in [6, 6.07) is 7.40. The minimum absolute atomic E-state index is 0.0629. The zero-order chi connectivity index (χ0) is 15.7. The summed E-state index contributed by atoms with van der Waals surface area (Å²) in [5.41, 5.74) is 0. The summed E-state index contributed by atoms with van der Waals surface area (Å²) >= 11 is 3.36. The van der Waals surface area contributed by atoms with Crippen LogP contribution in [-0.4, -0.2) is 29.6 Å². The predicted octanol–water partition coefficient (Wildman–Crippen LogP) is 2.98. The smallest absolute Gasteiger partial charge is 0.303 e. The number of ether oxygens (including phenoxy) is 1. The van der Waals surface area contributed by atoms with Crippen molar-refractivity contribution < 1.29 is 19.4 Å². The molecule has 0 saturated heterocycles. The Hall–Kier alpha value is -1.56. The molecule has 21 heavy (non-hydrogen) atoms. The van der Waals surface area contributed by atoms with E-state index in [2.05, 4.69) is 21.2 Å². The van der Waals surface area contributed by atoms with Crippen molar-refractivity contribution in [2.45, 2.75) is 38.6 Å². The van der Waals surface area contributed by atoms with Crippen molar-refractivity contribution in [3.63, 3.8) is 0 Å². The highest BCUT2D eigenvalue weighted by Crippen LogP contribution is 2.17. The number of hydrogen-bond acceptors (Lipinski definition) is 3. The second kappa shape index (κ2) is 9.39. The summed E-state index contributed by atoms with van der Waals surface area (Å²) in [4.78, 5) is 22.1. The minimum Gasteiger partial charge on any atom is -0.494 e. The summed E-state index contributed by atoms with van der Waals surface area (Å²) in [5.74, 6) is -0.163. The number of nitrogens with one attached hydrogen (secondary N) is 1. The van der Waals surface area contributed by atoms with Crippen LogP contribution in [0.5, 0.6) is 5.75 Å². The van der Waals surface area contributed by atoms with E-state index in [4.69, 9.17) is 9.84 Å². The molecule has 0 radical (unpaired) electrons. The fourth-order valence-electron chi connectivity index (χ4n) is 1.74. The SMILES string of the molecule is CC(CCC(=O)O)NC(=O)CCCOc1cccc(Br)c1. The average Bonchev–Trinajstić information content (AvgIpc) is 2.41. The molecule has 1 unspecified atom stereocenters. The highest BCUT2D eigenvalue weighted by molar-refractivity contribution is 9.10. The van der Waals surface area contributed by atoms with Crippen molar-refractivity contribution in [3.8, 4) is 5.75 Å². The summed E-state index contributed by atoms with van der Waals surface area (Å²) in [7, 11) is 0. The Morgan fingerprint density at radius 3 is 2.81 bits per heavy atom. The highest BCUT2D eigenvalue weighted by Gasteiger charge is 2.09. The molecule has 2 N–H and O–H groups in total. The van der Waals surface area contributed by atoms with Gasteiger partial charge in [-0.25, -0.2) is 0 Å². The molecule has 0 aliphatic carbocycles. The highest BCUT2D eigenvalue weighted by atomic mass is 79.9. The first-order chi connectivity index (χ1) is 9.97. The van der Waals surface area contributed by atoms with Crippen molar-refractivity contribution in [1.82, 2.24) is 5.32 Å². The van der Waals surface area contributed by atoms with Crippen molar-refractivity contribution in [2.75, 3.05) is 6.61 Å². The van der Waals surface area contributed by atoms with E-state index in [1.54, 1.807) is 6.92 Å². The van der Waals surface area contributed by atoms with Crippen molar-refractivity contribution in [1.29, 1.82) is 0 Å². The van der Waals surface area contributed by atoms with E-state index in [1.807, 2.05) is 24.3 Å². The fourth-order valence-corrected chi connectivity index (χ4v) is 2.12. The van der Waals surface area contributed by atoms with Gasteiger partial charge in [0, 0.05) is 23.4 Å². The third-order valence-electron chi connectivity index (χ3n) is 2.81. The number of carbonyl (C=O) groups is 2. The van der Waals surface area contributed by atoms with Crippen LogP contribution in [0.3, 0.4) is 0 Å². The molecule has 1 aromatic rings. The number of carboxylic acids is 1. The number of rotatable bonds is 9. The van der Waals surface area contributed by atoms with Crippen LogP contribution in [0.4, 0.5) is 0 Å². The van der Waals surface area contributed by atoms with Gasteiger partial charge in [0.1, 0.15) is 5.75 Å². The maximum Gasteiger partial charge on any atom is 0.303 e. The van der Waals surface area contributed by atoms with Gasteiger partial charge in [0.25, 0.3) is 0 Å². The summed E-state index contributed by atoms with van der Waals surface area (Å²) in [5, 5.41) is 11.3. The number of benzene rings is 1. The van der Waals surface area contributed by atoms with Crippen LogP contribution in [0.1, 0.15) is 32.6 Å². The van der Waals surface area contributed by atoms with E-state index >= 15 is 0 Å². The van der Waals surface area contributed by atoms with E-state index in [0.29, 0.717) is 25.9 Å². The molecule has 0 saturated carbocycles. The van der Waals surface area contributed by atoms with Crippen LogP contribution < -0.4 is 10.1 Å². The Bertz CT molecular complexity index is 478. The molecule has 1 amide bonds. The number of halogens is 1. The van der Waals surface area contributed by atoms with Crippen LogP contribution in [0.15, 0.2) is 28.7 Å². The lowest BCUT2D eigenvalue weighted by Gasteiger charge is -2.12. The normalized spacial score (nSPS) is 11.7. The molecule has 0 bridgehead atoms. The largest absolute Gasteiger partial charge is 0.494 e. The topological polar surface area (TPSA) is 75.6 Å².